The van der Waals surface area contributed by atoms with Gasteiger partial charge in [-0.25, -0.2) is 9.97 Å². The van der Waals surface area contributed by atoms with E-state index in [0.29, 0.717) is 16.6 Å². The predicted molar refractivity (Wildman–Crippen MR) is 133 cm³/mol. The number of carbonyl (C=O) groups is 1. The average molecular weight is 529 g/mol. The van der Waals surface area contributed by atoms with Gasteiger partial charge in [0.1, 0.15) is 24.2 Å². The molecule has 2 aliphatic rings. The van der Waals surface area contributed by atoms with Crippen molar-refractivity contribution in [3.8, 4) is 16.9 Å². The fourth-order valence-electron chi connectivity index (χ4n) is 5.22. The van der Waals surface area contributed by atoms with E-state index < -0.39 is 44.7 Å². The molecule has 7 nitrogen and oxygen atoms in total. The Kier molecular flexibility index (Phi) is 4.51. The number of carbonyl (C=O) groups excluding carboxylic acids is 1. The average Bonchev–Trinajstić information content (AvgIpc) is 3.35. The van der Waals surface area contributed by atoms with E-state index in [1.54, 1.807) is 22.8 Å². The van der Waals surface area contributed by atoms with Crippen molar-refractivity contribution in [2.24, 2.45) is 0 Å². The lowest BCUT2D eigenvalue weighted by molar-refractivity contribution is -0.0507. The number of amides is 1. The Hall–Kier alpha value is -3.65. The molecular weight excluding hydrogens is 504 g/mol. The van der Waals surface area contributed by atoms with Gasteiger partial charge in [-0.3, -0.25) is 4.79 Å². The molecular formula is C26H22F3N4O3P. The van der Waals surface area contributed by atoms with Gasteiger partial charge in [0.2, 0.25) is 5.95 Å². The Morgan fingerprint density at radius 1 is 1.11 bits per heavy atom. The Morgan fingerprint density at radius 2 is 1.92 bits per heavy atom. The maximum atomic E-state index is 15.1. The van der Waals surface area contributed by atoms with Crippen LogP contribution in [0.4, 0.5) is 13.2 Å². The molecule has 0 saturated heterocycles. The highest BCUT2D eigenvalue weighted by atomic mass is 31.2. The van der Waals surface area contributed by atoms with E-state index in [9.17, 15) is 18.1 Å². The monoisotopic (exact) mass is 529 g/mol. The van der Waals surface area contributed by atoms with Gasteiger partial charge in [0.05, 0.1) is 23.1 Å². The van der Waals surface area contributed by atoms with Gasteiger partial charge in [-0.05, 0) is 55.3 Å². The number of ether oxygens (including phenoxy) is 1. The van der Waals surface area contributed by atoms with E-state index in [-0.39, 0.29) is 40.1 Å². The van der Waals surface area contributed by atoms with Crippen LogP contribution in [0.3, 0.4) is 0 Å². The minimum atomic E-state index is -3.17. The van der Waals surface area contributed by atoms with Crippen LogP contribution >= 0.6 is 7.14 Å². The summed E-state index contributed by atoms with van der Waals surface area (Å²) in [5, 5.41) is 0. The van der Waals surface area contributed by atoms with E-state index in [1.807, 2.05) is 0 Å². The molecule has 2 aromatic carbocycles. The van der Waals surface area contributed by atoms with Crippen molar-refractivity contribution in [2.75, 3.05) is 20.3 Å². The minimum absolute atomic E-state index is 0.0557. The summed E-state index contributed by atoms with van der Waals surface area (Å²) in [6.45, 7) is -3.03. The lowest BCUT2D eigenvalue weighted by Crippen LogP contribution is -2.30. The molecule has 11 heteroatoms. The number of rotatable bonds is 4. The number of hydrogen-bond acceptors (Lipinski definition) is 5. The molecule has 0 spiro atoms. The second kappa shape index (κ2) is 8.18. The van der Waals surface area contributed by atoms with Crippen LogP contribution in [0.2, 0.25) is 0 Å². The Balaban J connectivity index is 1.58. The lowest BCUT2D eigenvalue weighted by atomic mass is 9.97. The van der Waals surface area contributed by atoms with Crippen LogP contribution in [-0.2, 0) is 4.57 Å². The highest BCUT2D eigenvalue weighted by Gasteiger charge is 2.45. The van der Waals surface area contributed by atoms with Crippen molar-refractivity contribution < 1.29 is 31.4 Å². The number of alkyl halides is 2. The third kappa shape index (κ3) is 3.65. The van der Waals surface area contributed by atoms with Crippen molar-refractivity contribution in [2.45, 2.75) is 25.1 Å². The Morgan fingerprint density at radius 3 is 2.62 bits per heavy atom. The zero-order valence-electron chi connectivity index (χ0n) is 22.7. The van der Waals surface area contributed by atoms with Crippen molar-refractivity contribution in [3.05, 3.63) is 71.4 Å². The number of fused-ring (bicyclic) bond motifs is 9. The van der Waals surface area contributed by atoms with E-state index in [4.69, 9.17) is 8.85 Å². The highest BCUT2D eigenvalue weighted by Crippen LogP contribution is 2.50. The summed E-state index contributed by atoms with van der Waals surface area (Å²) in [5.41, 5.74) is 1.73. The van der Waals surface area contributed by atoms with Crippen LogP contribution < -0.4 is 10.2 Å². The third-order valence-corrected chi connectivity index (χ3v) is 8.20. The number of nitrogens with zero attached hydrogens (tertiary/aromatic N) is 4. The normalized spacial score (nSPS) is 20.3. The van der Waals surface area contributed by atoms with Gasteiger partial charge in [-0.1, -0.05) is 12.1 Å². The van der Waals surface area contributed by atoms with Crippen LogP contribution in [-0.4, -0.2) is 52.3 Å². The third-order valence-electron chi connectivity index (χ3n) is 6.85. The summed E-state index contributed by atoms with van der Waals surface area (Å²) in [6, 6.07) is 10.2. The van der Waals surface area contributed by atoms with E-state index >= 15 is 4.39 Å². The first-order chi connectivity index (χ1) is 18.8. The summed E-state index contributed by atoms with van der Waals surface area (Å²) in [7, 11) is -2.79. The van der Waals surface area contributed by atoms with E-state index in [1.165, 1.54) is 43.7 Å². The first kappa shape index (κ1) is 20.4. The van der Waals surface area contributed by atoms with E-state index in [0.717, 1.165) is 4.90 Å². The number of pyridine rings is 1. The van der Waals surface area contributed by atoms with Gasteiger partial charge < -0.3 is 18.8 Å². The molecule has 4 heterocycles. The van der Waals surface area contributed by atoms with E-state index in [2.05, 4.69) is 9.97 Å². The second-order valence-electron chi connectivity index (χ2n) is 9.44. The summed E-state index contributed by atoms with van der Waals surface area (Å²) < 4.78 is 85.0. The Labute approximate surface area is 214 Å². The fourth-order valence-corrected chi connectivity index (χ4v) is 5.98. The van der Waals surface area contributed by atoms with Crippen LogP contribution in [0.1, 0.15) is 44.4 Å². The molecule has 0 N–H and O–H groups in total. The Bertz CT molecular complexity index is 1750. The molecule has 0 fully saturated rings. The second-order valence-corrected chi connectivity index (χ2v) is 12.6. The minimum Gasteiger partial charge on any atom is -0.434 e. The van der Waals surface area contributed by atoms with Gasteiger partial charge >= 0.3 is 6.61 Å². The summed E-state index contributed by atoms with van der Waals surface area (Å²) in [6.07, 6.45) is 0.0656. The standard InChI is InChI=1S/C26H22F3N4O3P/c1-32-19-12-18(22-15(25(32)34)5-4-6-20(22)36-26(28)29)33-17-11-13(7-9-16(17)30-24(19)33)14-8-10-21(31-23(14)27)37(2,3)35/h4-11,18-19,26H,12H2,1-3H3/t18-,19-/m1/s1/i1D3. The zero-order chi connectivity index (χ0) is 28.7. The molecule has 190 valence electrons. The molecule has 2 aromatic heterocycles. The number of halogens is 3. The molecule has 0 saturated carbocycles. The summed E-state index contributed by atoms with van der Waals surface area (Å²) in [5.74, 6) is -1.61. The molecule has 1 amide bonds. The van der Waals surface area contributed by atoms with Crippen molar-refractivity contribution in [1.29, 1.82) is 0 Å². The van der Waals surface area contributed by atoms with Crippen molar-refractivity contribution in [1.82, 2.24) is 19.4 Å². The first-order valence-corrected chi connectivity index (χ1v) is 14.0. The topological polar surface area (TPSA) is 77.3 Å². The van der Waals surface area contributed by atoms with Crippen LogP contribution in [0, 0.1) is 5.95 Å². The fraction of sp³-hybridized carbons (Fsp3) is 0.269. The lowest BCUT2D eigenvalue weighted by Gasteiger charge is -2.24. The molecule has 0 unspecified atom stereocenters. The van der Waals surface area contributed by atoms with Gasteiger partial charge in [-0.2, -0.15) is 13.2 Å². The number of benzene rings is 2. The molecule has 37 heavy (non-hydrogen) atoms. The maximum Gasteiger partial charge on any atom is 0.387 e. The SMILES string of the molecule is [2H]C([2H])([2H])N1C(=O)c2cccc(OC(F)F)c2[C@H]2C[C@@H]1c1nc3ccc(-c4ccc(P(C)(C)=O)nc4F)cc3n12. The molecule has 0 radical (unpaired) electrons. The smallest absolute Gasteiger partial charge is 0.387 e. The summed E-state index contributed by atoms with van der Waals surface area (Å²) >= 11 is 0. The van der Waals surface area contributed by atoms with Crippen LogP contribution in [0.15, 0.2) is 48.5 Å². The van der Waals surface area contributed by atoms with Crippen molar-refractivity contribution >= 4 is 29.5 Å². The highest BCUT2D eigenvalue weighted by molar-refractivity contribution is 7.69. The van der Waals surface area contributed by atoms with Crippen molar-refractivity contribution in [3.63, 3.8) is 0 Å². The molecule has 4 aromatic rings. The van der Waals surface area contributed by atoms with Gasteiger partial charge in [0, 0.05) is 34.2 Å². The summed E-state index contributed by atoms with van der Waals surface area (Å²) in [4.78, 5) is 22.8. The molecule has 2 atom stereocenters. The molecule has 0 aliphatic carbocycles. The van der Waals surface area contributed by atoms with Gasteiger partial charge in [-0.15, -0.1) is 0 Å². The molecule has 2 bridgehead atoms. The first-order valence-electron chi connectivity index (χ1n) is 12.9. The number of aromatic nitrogens is 3. The quantitative estimate of drug-likeness (QED) is 0.268. The van der Waals surface area contributed by atoms with Crippen LogP contribution in [0.5, 0.6) is 5.75 Å². The van der Waals surface area contributed by atoms with Gasteiger partial charge in [0.25, 0.3) is 5.91 Å². The van der Waals surface area contributed by atoms with Crippen LogP contribution in [0.25, 0.3) is 22.2 Å². The maximum absolute atomic E-state index is 15.1. The molecule has 6 rings (SSSR count). The zero-order valence-corrected chi connectivity index (χ0v) is 20.5. The van der Waals surface area contributed by atoms with Gasteiger partial charge in [0.15, 0.2) is 0 Å². The predicted octanol–water partition coefficient (Wildman–Crippen LogP) is 5.21. The number of imidazole rings is 1. The largest absolute Gasteiger partial charge is 0.434 e. The number of hydrogen-bond donors (Lipinski definition) is 0. The molecule has 2 aliphatic heterocycles.